The Morgan fingerprint density at radius 3 is 2.67 bits per heavy atom. The molecule has 2 aliphatic heterocycles. The maximum Gasteiger partial charge on any atom is 0.158 e. The Labute approximate surface area is 166 Å². The molecule has 2 fully saturated rings. The van der Waals surface area contributed by atoms with Gasteiger partial charge in [-0.2, -0.15) is 0 Å². The molecule has 8 nitrogen and oxygen atoms in total. The van der Waals surface area contributed by atoms with Crippen LogP contribution in [0, 0.1) is 0 Å². The number of anilines is 3. The number of nitrogens with zero attached hydrogens (tertiary/aromatic N) is 4. The van der Waals surface area contributed by atoms with Crippen LogP contribution in [0.5, 0.6) is 0 Å². The van der Waals surface area contributed by atoms with Crippen LogP contribution in [0.4, 0.5) is 17.5 Å². The number of aromatic nitrogens is 3. The molecule has 2 aliphatic rings. The zero-order valence-corrected chi connectivity index (χ0v) is 16.3. The molecular weight excluding hydrogens is 386 g/mol. The molecule has 1 atom stereocenters. The molecule has 0 saturated carbocycles. The van der Waals surface area contributed by atoms with Crippen LogP contribution in [-0.4, -0.2) is 46.3 Å². The third kappa shape index (κ3) is 3.52. The van der Waals surface area contributed by atoms with Crippen LogP contribution in [-0.2, 0) is 4.74 Å². The molecule has 27 heavy (non-hydrogen) atoms. The van der Waals surface area contributed by atoms with Gasteiger partial charge in [-0.25, -0.2) is 15.0 Å². The van der Waals surface area contributed by atoms with Crippen molar-refractivity contribution in [3.8, 4) is 0 Å². The highest BCUT2D eigenvalue weighted by Gasteiger charge is 2.44. The van der Waals surface area contributed by atoms with Gasteiger partial charge >= 0.3 is 0 Å². The van der Waals surface area contributed by atoms with Crippen LogP contribution < -0.4 is 22.1 Å². The standard InChI is InChI=1S/C17H22ClN7OS/c18-13-10(1-5-22-14(13)20)27-16-15(21)24-12(9-23-16)25-6-3-17(4-7-25)11(19)2-8-26-17/h1,5,9,11H,2-4,6-8,19H2,(H2,20,22)(H2,21,24)/t11-/m0/s1. The first-order valence-corrected chi connectivity index (χ1v) is 10.0. The van der Waals surface area contributed by atoms with Crippen molar-refractivity contribution in [3.05, 3.63) is 23.5 Å². The van der Waals surface area contributed by atoms with Gasteiger partial charge in [0.2, 0.25) is 0 Å². The van der Waals surface area contributed by atoms with Gasteiger partial charge in [0.05, 0.1) is 16.8 Å². The molecule has 6 N–H and O–H groups in total. The van der Waals surface area contributed by atoms with Gasteiger partial charge in [-0.3, -0.25) is 0 Å². The molecule has 1 spiro atoms. The van der Waals surface area contributed by atoms with E-state index in [0.29, 0.717) is 15.9 Å². The van der Waals surface area contributed by atoms with Crippen molar-refractivity contribution in [2.75, 3.05) is 36.1 Å². The second kappa shape index (κ2) is 7.31. The van der Waals surface area contributed by atoms with Crippen LogP contribution in [0.15, 0.2) is 28.4 Å². The number of nitrogens with two attached hydrogens (primary N) is 3. The zero-order chi connectivity index (χ0) is 19.0. The molecule has 2 saturated heterocycles. The lowest BCUT2D eigenvalue weighted by Crippen LogP contribution is -2.53. The largest absolute Gasteiger partial charge is 0.382 e. The number of halogens is 1. The van der Waals surface area contributed by atoms with Gasteiger partial charge in [-0.1, -0.05) is 23.4 Å². The summed E-state index contributed by atoms with van der Waals surface area (Å²) in [5.41, 5.74) is 18.0. The summed E-state index contributed by atoms with van der Waals surface area (Å²) >= 11 is 7.51. The predicted octanol–water partition coefficient (Wildman–Crippen LogP) is 1.93. The van der Waals surface area contributed by atoms with Crippen molar-refractivity contribution in [2.45, 2.75) is 40.8 Å². The number of hydrogen-bond donors (Lipinski definition) is 3. The van der Waals surface area contributed by atoms with Crippen molar-refractivity contribution < 1.29 is 4.74 Å². The summed E-state index contributed by atoms with van der Waals surface area (Å²) in [6.45, 7) is 2.39. The van der Waals surface area contributed by atoms with Gasteiger partial charge in [-0.05, 0) is 25.3 Å². The number of nitrogen functional groups attached to an aromatic ring is 2. The normalized spacial score (nSPS) is 21.7. The molecule has 2 aromatic rings. The van der Waals surface area contributed by atoms with Gasteiger partial charge in [0.15, 0.2) is 5.82 Å². The molecule has 0 unspecified atom stereocenters. The zero-order valence-electron chi connectivity index (χ0n) is 14.8. The molecule has 0 aromatic carbocycles. The fraction of sp³-hybridized carbons (Fsp3) is 0.471. The van der Waals surface area contributed by atoms with E-state index in [4.69, 9.17) is 33.5 Å². The van der Waals surface area contributed by atoms with Gasteiger partial charge in [0, 0.05) is 36.8 Å². The Morgan fingerprint density at radius 1 is 1.22 bits per heavy atom. The van der Waals surface area contributed by atoms with E-state index in [1.54, 1.807) is 18.5 Å². The third-order valence-electron chi connectivity index (χ3n) is 5.27. The number of rotatable bonds is 3. The molecule has 0 aliphatic carbocycles. The first-order chi connectivity index (χ1) is 13.0. The monoisotopic (exact) mass is 407 g/mol. The maximum atomic E-state index is 6.25. The van der Waals surface area contributed by atoms with Gasteiger partial charge < -0.3 is 26.8 Å². The van der Waals surface area contributed by atoms with Crippen molar-refractivity contribution in [2.24, 2.45) is 5.73 Å². The fourth-order valence-corrected chi connectivity index (χ4v) is 4.64. The summed E-state index contributed by atoms with van der Waals surface area (Å²) in [6, 6.07) is 1.89. The molecular formula is C17H22ClN7OS. The highest BCUT2D eigenvalue weighted by Crippen LogP contribution is 2.38. The molecule has 4 heterocycles. The van der Waals surface area contributed by atoms with E-state index < -0.39 is 0 Å². The average molecular weight is 408 g/mol. The predicted molar refractivity (Wildman–Crippen MR) is 107 cm³/mol. The Kier molecular flexibility index (Phi) is 5.02. The van der Waals surface area contributed by atoms with Gasteiger partial charge in [0.25, 0.3) is 0 Å². The van der Waals surface area contributed by atoms with Crippen LogP contribution >= 0.6 is 23.4 Å². The van der Waals surface area contributed by atoms with Crippen LogP contribution in [0.3, 0.4) is 0 Å². The third-order valence-corrected chi connectivity index (χ3v) is 6.84. The van der Waals surface area contributed by atoms with E-state index in [-0.39, 0.29) is 17.5 Å². The smallest absolute Gasteiger partial charge is 0.158 e. The molecule has 10 heteroatoms. The summed E-state index contributed by atoms with van der Waals surface area (Å²) in [5.74, 6) is 1.40. The molecule has 144 valence electrons. The highest BCUT2D eigenvalue weighted by atomic mass is 35.5. The first kappa shape index (κ1) is 18.5. The molecule has 0 radical (unpaired) electrons. The molecule has 0 bridgehead atoms. The van der Waals surface area contributed by atoms with Crippen molar-refractivity contribution in [1.82, 2.24) is 15.0 Å². The lowest BCUT2D eigenvalue weighted by Gasteiger charge is -2.41. The summed E-state index contributed by atoms with van der Waals surface area (Å²) in [5, 5.41) is 0.975. The number of ether oxygens (including phenoxy) is 1. The maximum absolute atomic E-state index is 6.25. The Morgan fingerprint density at radius 2 is 2.00 bits per heavy atom. The van der Waals surface area contributed by atoms with E-state index in [0.717, 1.165) is 49.7 Å². The van der Waals surface area contributed by atoms with Crippen LogP contribution in [0.25, 0.3) is 0 Å². The SMILES string of the molecule is Nc1nc(N2CCC3(CC2)OCC[C@@H]3N)cnc1Sc1ccnc(N)c1Cl. The summed E-state index contributed by atoms with van der Waals surface area (Å²) in [4.78, 5) is 15.9. The van der Waals surface area contributed by atoms with Crippen LogP contribution in [0.1, 0.15) is 19.3 Å². The number of pyridine rings is 1. The second-order valence-corrected chi connectivity index (χ2v) is 8.23. The van der Waals surface area contributed by atoms with E-state index in [9.17, 15) is 0 Å². The van der Waals surface area contributed by atoms with Gasteiger partial charge in [-0.15, -0.1) is 0 Å². The minimum absolute atomic E-state index is 0.118. The van der Waals surface area contributed by atoms with Crippen molar-refractivity contribution in [3.63, 3.8) is 0 Å². The summed E-state index contributed by atoms with van der Waals surface area (Å²) in [7, 11) is 0. The Bertz CT molecular complexity index is 844. The summed E-state index contributed by atoms with van der Waals surface area (Å²) in [6.07, 6.45) is 6.04. The average Bonchev–Trinajstić information content (AvgIpc) is 3.01. The molecule has 0 amide bonds. The molecule has 4 rings (SSSR count). The topological polar surface area (TPSA) is 129 Å². The highest BCUT2D eigenvalue weighted by molar-refractivity contribution is 7.99. The van der Waals surface area contributed by atoms with Crippen LogP contribution in [0.2, 0.25) is 5.02 Å². The second-order valence-electron chi connectivity index (χ2n) is 6.82. The van der Waals surface area contributed by atoms with Crippen molar-refractivity contribution in [1.29, 1.82) is 0 Å². The Hall–Kier alpha value is -1.81. The van der Waals surface area contributed by atoms with E-state index in [1.165, 1.54) is 11.8 Å². The number of piperidine rings is 1. The fourth-order valence-electron chi connectivity index (χ4n) is 3.63. The lowest BCUT2D eigenvalue weighted by molar-refractivity contribution is -0.0230. The summed E-state index contributed by atoms with van der Waals surface area (Å²) < 4.78 is 5.96. The number of hydrogen-bond acceptors (Lipinski definition) is 9. The van der Waals surface area contributed by atoms with E-state index >= 15 is 0 Å². The molecule has 2 aromatic heterocycles. The Balaban J connectivity index is 1.47. The van der Waals surface area contributed by atoms with Gasteiger partial charge in [0.1, 0.15) is 16.7 Å². The van der Waals surface area contributed by atoms with E-state index in [1.807, 2.05) is 0 Å². The lowest BCUT2D eigenvalue weighted by atomic mass is 9.85. The first-order valence-electron chi connectivity index (χ1n) is 8.83. The minimum atomic E-state index is -0.177. The quantitative estimate of drug-likeness (QED) is 0.698. The minimum Gasteiger partial charge on any atom is -0.382 e. The van der Waals surface area contributed by atoms with Crippen molar-refractivity contribution >= 4 is 40.8 Å². The van der Waals surface area contributed by atoms with E-state index in [2.05, 4.69) is 19.9 Å².